The summed E-state index contributed by atoms with van der Waals surface area (Å²) in [4.78, 5) is 15.3. The highest BCUT2D eigenvalue weighted by Gasteiger charge is 2.37. The monoisotopic (exact) mass is 387 g/mol. The van der Waals surface area contributed by atoms with Crippen molar-refractivity contribution in [1.82, 2.24) is 4.90 Å². The number of Topliss-reactive ketones (excluding diaryl/α,β-unsaturated/α-hetero) is 1. The molecule has 4 unspecified atom stereocenters. The number of rotatable bonds is 6. The lowest BCUT2D eigenvalue weighted by Crippen LogP contribution is -2.36. The van der Waals surface area contributed by atoms with E-state index in [9.17, 15) is 4.79 Å². The van der Waals surface area contributed by atoms with Crippen molar-refractivity contribution in [1.29, 1.82) is 0 Å². The molecule has 0 amide bonds. The summed E-state index contributed by atoms with van der Waals surface area (Å²) in [5.41, 5.74) is 1.18. The summed E-state index contributed by atoms with van der Waals surface area (Å²) in [6, 6.07) is 6.16. The minimum absolute atomic E-state index is 0.0628. The molecule has 1 aliphatic carbocycles. The Bertz CT molecular complexity index is 723. The van der Waals surface area contributed by atoms with Gasteiger partial charge in [-0.2, -0.15) is 0 Å². The number of likely N-dealkylation sites (tertiary alicyclic amines) is 1. The van der Waals surface area contributed by atoms with Crippen molar-refractivity contribution < 1.29 is 23.7 Å². The standard InChI is InChI=1S/C22H29NO5/c24-18(6-3-15-4-7-19-21(10-15)27-13-25-19)17-2-1-9-23(17)12-16-5-8-20-22(11-16)28-14-26-20/h5,8,11,15,17,19,21H,1-4,6-7,9-10,12-14H2. The molecule has 1 saturated carbocycles. The van der Waals surface area contributed by atoms with Gasteiger partial charge in [0.1, 0.15) is 12.6 Å². The van der Waals surface area contributed by atoms with E-state index in [1.165, 1.54) is 5.56 Å². The number of benzene rings is 1. The SMILES string of the molecule is O=C(CCC1CCC2OCOC2C1)C1CCCN1Cc1ccc2c(c1)OCO2. The molecule has 0 aromatic heterocycles. The topological polar surface area (TPSA) is 57.2 Å². The van der Waals surface area contributed by atoms with Crippen LogP contribution in [0.3, 0.4) is 0 Å². The lowest BCUT2D eigenvalue weighted by molar-refractivity contribution is -0.124. The molecule has 1 aromatic carbocycles. The van der Waals surface area contributed by atoms with Crippen molar-refractivity contribution in [3.63, 3.8) is 0 Å². The van der Waals surface area contributed by atoms with Crippen LogP contribution in [0, 0.1) is 5.92 Å². The molecule has 6 heteroatoms. The molecule has 0 bridgehead atoms. The number of carbonyl (C=O) groups excluding carboxylic acids is 1. The van der Waals surface area contributed by atoms with Gasteiger partial charge in [-0.25, -0.2) is 0 Å². The summed E-state index contributed by atoms with van der Waals surface area (Å²) in [5.74, 6) is 2.62. The number of fused-ring (bicyclic) bond motifs is 2. The van der Waals surface area contributed by atoms with Crippen molar-refractivity contribution >= 4 is 5.78 Å². The lowest BCUT2D eigenvalue weighted by atomic mass is 9.82. The molecule has 2 saturated heterocycles. The fourth-order valence-corrected chi connectivity index (χ4v) is 5.19. The van der Waals surface area contributed by atoms with Gasteiger partial charge in [-0.05, 0) is 68.7 Å². The smallest absolute Gasteiger partial charge is 0.231 e. The van der Waals surface area contributed by atoms with Crippen LogP contribution >= 0.6 is 0 Å². The van der Waals surface area contributed by atoms with Crippen molar-refractivity contribution in [2.45, 2.75) is 69.7 Å². The number of carbonyl (C=O) groups is 1. The van der Waals surface area contributed by atoms with Crippen molar-refractivity contribution in [3.05, 3.63) is 23.8 Å². The van der Waals surface area contributed by atoms with Crippen molar-refractivity contribution in [2.75, 3.05) is 20.1 Å². The highest BCUT2D eigenvalue weighted by Crippen LogP contribution is 2.36. The molecule has 4 aliphatic rings. The predicted octanol–water partition coefficient (Wildman–Crippen LogP) is 3.27. The maximum absolute atomic E-state index is 13.0. The van der Waals surface area contributed by atoms with Gasteiger partial charge in [-0.3, -0.25) is 9.69 Å². The van der Waals surface area contributed by atoms with E-state index in [1.807, 2.05) is 12.1 Å². The molecule has 28 heavy (non-hydrogen) atoms. The highest BCUT2D eigenvalue weighted by atomic mass is 16.7. The Kier molecular flexibility index (Phi) is 5.26. The van der Waals surface area contributed by atoms with Gasteiger partial charge in [0.05, 0.1) is 18.2 Å². The van der Waals surface area contributed by atoms with E-state index in [-0.39, 0.29) is 12.1 Å². The summed E-state index contributed by atoms with van der Waals surface area (Å²) in [7, 11) is 0. The third-order valence-electron chi connectivity index (χ3n) is 6.76. The van der Waals surface area contributed by atoms with E-state index in [0.717, 1.165) is 63.1 Å². The predicted molar refractivity (Wildman–Crippen MR) is 102 cm³/mol. The lowest BCUT2D eigenvalue weighted by Gasteiger charge is -2.30. The summed E-state index contributed by atoms with van der Waals surface area (Å²) in [6.45, 7) is 2.52. The number of nitrogens with zero attached hydrogens (tertiary/aromatic N) is 1. The van der Waals surface area contributed by atoms with Gasteiger partial charge < -0.3 is 18.9 Å². The summed E-state index contributed by atoms with van der Waals surface area (Å²) < 4.78 is 22.2. The van der Waals surface area contributed by atoms with E-state index < -0.39 is 0 Å². The third-order valence-corrected chi connectivity index (χ3v) is 6.76. The van der Waals surface area contributed by atoms with Gasteiger partial charge in [-0.15, -0.1) is 0 Å². The molecule has 3 aliphatic heterocycles. The molecule has 0 spiro atoms. The molecular formula is C22H29NO5. The Morgan fingerprint density at radius 3 is 2.89 bits per heavy atom. The van der Waals surface area contributed by atoms with E-state index in [2.05, 4.69) is 11.0 Å². The van der Waals surface area contributed by atoms with Gasteiger partial charge in [0.25, 0.3) is 0 Å². The number of ether oxygens (including phenoxy) is 4. The van der Waals surface area contributed by atoms with E-state index in [0.29, 0.717) is 37.8 Å². The molecule has 1 aromatic rings. The second-order valence-electron chi connectivity index (χ2n) is 8.53. The van der Waals surface area contributed by atoms with Gasteiger partial charge in [-0.1, -0.05) is 6.07 Å². The Hall–Kier alpha value is -1.63. The average molecular weight is 387 g/mol. The van der Waals surface area contributed by atoms with E-state index >= 15 is 0 Å². The molecule has 4 atom stereocenters. The van der Waals surface area contributed by atoms with Crippen molar-refractivity contribution in [3.8, 4) is 11.5 Å². The van der Waals surface area contributed by atoms with Crippen LogP contribution in [0.2, 0.25) is 0 Å². The van der Waals surface area contributed by atoms with E-state index in [1.54, 1.807) is 0 Å². The molecule has 3 heterocycles. The summed E-state index contributed by atoms with van der Waals surface area (Å²) >= 11 is 0. The van der Waals surface area contributed by atoms with Crippen LogP contribution in [0.25, 0.3) is 0 Å². The quantitative estimate of drug-likeness (QED) is 0.747. The Morgan fingerprint density at radius 1 is 1.04 bits per heavy atom. The van der Waals surface area contributed by atoms with Crippen LogP contribution in [-0.2, 0) is 20.8 Å². The maximum Gasteiger partial charge on any atom is 0.231 e. The molecule has 0 radical (unpaired) electrons. The fourth-order valence-electron chi connectivity index (χ4n) is 5.19. The minimum atomic E-state index is 0.0628. The molecule has 152 valence electrons. The third kappa shape index (κ3) is 3.78. The van der Waals surface area contributed by atoms with Crippen LogP contribution in [-0.4, -0.2) is 49.1 Å². The zero-order valence-electron chi connectivity index (χ0n) is 16.3. The number of hydrogen-bond acceptors (Lipinski definition) is 6. The first-order valence-corrected chi connectivity index (χ1v) is 10.6. The van der Waals surface area contributed by atoms with E-state index in [4.69, 9.17) is 18.9 Å². The normalized spacial score (nSPS) is 31.9. The number of hydrogen-bond donors (Lipinski definition) is 0. The average Bonchev–Trinajstić information content (AvgIpc) is 3.45. The first-order valence-electron chi connectivity index (χ1n) is 10.6. The largest absolute Gasteiger partial charge is 0.454 e. The molecule has 0 N–H and O–H groups in total. The van der Waals surface area contributed by atoms with Gasteiger partial charge in [0.2, 0.25) is 6.79 Å². The van der Waals surface area contributed by atoms with Crippen LogP contribution < -0.4 is 9.47 Å². The van der Waals surface area contributed by atoms with Gasteiger partial charge in [0.15, 0.2) is 11.5 Å². The molecule has 5 rings (SSSR count). The van der Waals surface area contributed by atoms with Crippen LogP contribution in [0.5, 0.6) is 11.5 Å². The van der Waals surface area contributed by atoms with Crippen LogP contribution in [0.4, 0.5) is 0 Å². The maximum atomic E-state index is 13.0. The molecule has 3 fully saturated rings. The zero-order valence-corrected chi connectivity index (χ0v) is 16.3. The second-order valence-corrected chi connectivity index (χ2v) is 8.53. The Labute approximate surface area is 166 Å². The first kappa shape index (κ1) is 18.4. The van der Waals surface area contributed by atoms with Gasteiger partial charge in [0, 0.05) is 13.0 Å². The van der Waals surface area contributed by atoms with Gasteiger partial charge >= 0.3 is 0 Å². The second kappa shape index (κ2) is 8.01. The molecular weight excluding hydrogens is 358 g/mol. The van der Waals surface area contributed by atoms with Crippen LogP contribution in [0.15, 0.2) is 18.2 Å². The molecule has 6 nitrogen and oxygen atoms in total. The zero-order chi connectivity index (χ0) is 18.9. The summed E-state index contributed by atoms with van der Waals surface area (Å²) in [5, 5.41) is 0. The Balaban J connectivity index is 1.14. The Morgan fingerprint density at radius 2 is 1.93 bits per heavy atom. The van der Waals surface area contributed by atoms with Crippen LogP contribution in [0.1, 0.15) is 50.5 Å². The highest BCUT2D eigenvalue weighted by molar-refractivity contribution is 5.84. The number of ketones is 1. The van der Waals surface area contributed by atoms with Crippen molar-refractivity contribution in [2.24, 2.45) is 5.92 Å². The fraction of sp³-hybridized carbons (Fsp3) is 0.682. The minimum Gasteiger partial charge on any atom is -0.454 e. The first-order chi connectivity index (χ1) is 13.8. The summed E-state index contributed by atoms with van der Waals surface area (Å²) in [6.07, 6.45) is 7.57.